The number of benzene rings is 3. The third-order valence-electron chi connectivity index (χ3n) is 8.62. The number of fused-ring (bicyclic) bond motifs is 2. The summed E-state index contributed by atoms with van der Waals surface area (Å²) < 4.78 is 19.2. The van der Waals surface area contributed by atoms with Crippen molar-refractivity contribution < 1.29 is 28.6 Å². The van der Waals surface area contributed by atoms with Gasteiger partial charge in [0.15, 0.2) is 10.8 Å². The number of thiazole rings is 1. The van der Waals surface area contributed by atoms with Gasteiger partial charge in [-0.05, 0) is 47.2 Å². The zero-order valence-electron chi connectivity index (χ0n) is 25.0. The van der Waals surface area contributed by atoms with Crippen molar-refractivity contribution in [2.45, 2.75) is 12.1 Å². The molecule has 2 fully saturated rings. The molecule has 3 aliphatic rings. The number of carboxylic acid groups (broad SMARTS) is 1. The third-order valence-corrected chi connectivity index (χ3v) is 9.73. The number of aromatic carboxylic acids is 1. The molecule has 11 nitrogen and oxygen atoms in total. The van der Waals surface area contributed by atoms with Crippen LogP contribution in [-0.2, 0) is 9.53 Å². The number of piperazine rings is 1. The summed E-state index contributed by atoms with van der Waals surface area (Å²) in [5.74, 6) is -1.63. The summed E-state index contributed by atoms with van der Waals surface area (Å²) in [7, 11) is 1.30. The van der Waals surface area contributed by atoms with Crippen molar-refractivity contribution in [2.75, 3.05) is 44.7 Å². The maximum absolute atomic E-state index is 14.0. The number of carboxylic acids is 1. The topological polar surface area (TPSA) is 128 Å². The Kier molecular flexibility index (Phi) is 8.12. The minimum Gasteiger partial charge on any atom is -0.478 e. The van der Waals surface area contributed by atoms with Gasteiger partial charge in [-0.1, -0.05) is 29.8 Å². The second-order valence-electron chi connectivity index (χ2n) is 11.4. The fraction of sp³-hybridized carbons (Fsp3) is 0.242. The molecule has 0 saturated carbocycles. The summed E-state index contributed by atoms with van der Waals surface area (Å²) in [4.78, 5) is 53.2. The monoisotopic (exact) mass is 674 g/mol. The lowest BCUT2D eigenvalue weighted by atomic mass is 9.95. The smallest absolute Gasteiger partial charge is 0.338 e. The van der Waals surface area contributed by atoms with Gasteiger partial charge in [0.1, 0.15) is 11.9 Å². The van der Waals surface area contributed by atoms with Gasteiger partial charge in [-0.3, -0.25) is 14.8 Å². The first-order valence-corrected chi connectivity index (χ1v) is 16.0. The van der Waals surface area contributed by atoms with E-state index in [9.17, 15) is 23.9 Å². The molecule has 4 heterocycles. The number of amidine groups is 1. The first-order valence-electron chi connectivity index (χ1n) is 14.8. The zero-order valence-corrected chi connectivity index (χ0v) is 26.6. The summed E-state index contributed by atoms with van der Waals surface area (Å²) in [6.45, 7) is 2.37. The quantitative estimate of drug-likeness (QED) is 0.264. The van der Waals surface area contributed by atoms with E-state index in [1.807, 2.05) is 28.5 Å². The Hall–Kier alpha value is -4.85. The highest BCUT2D eigenvalue weighted by Gasteiger charge is 2.42. The molecule has 240 valence electrons. The zero-order chi connectivity index (χ0) is 32.8. The average molecular weight is 675 g/mol. The normalized spacial score (nSPS) is 19.9. The lowest BCUT2D eigenvalue weighted by Gasteiger charge is -2.38. The van der Waals surface area contributed by atoms with E-state index >= 15 is 0 Å². The minimum absolute atomic E-state index is 0.0920. The van der Waals surface area contributed by atoms with Gasteiger partial charge in [0.2, 0.25) is 0 Å². The molecule has 0 unspecified atom stereocenters. The molecular formula is C33H28ClFN6O5S. The summed E-state index contributed by atoms with van der Waals surface area (Å²) in [5, 5.41) is 16.8. The number of halogens is 2. The standard InChI is InChI=1S/C33H28ClFN6O5S/c1-46-32(44)27-26(37-29(30-36-8-11-47-30)38-28(27)24-7-5-21(35)14-25(24)34)17-39-9-10-40-23(15-39)16-41(33(40)45)22-6-4-18-12-20(31(42)43)3-2-19(18)13-22/h2-8,11-14,23,28H,9-10,15-17H2,1H3,(H,37,38)(H,42,43)/t23-,28-/m0/s1. The van der Waals surface area contributed by atoms with Crippen LogP contribution in [0.5, 0.6) is 0 Å². The van der Waals surface area contributed by atoms with Gasteiger partial charge in [0.05, 0.1) is 24.3 Å². The number of rotatable bonds is 7. The summed E-state index contributed by atoms with van der Waals surface area (Å²) in [6, 6.07) is 13.4. The maximum atomic E-state index is 14.0. The molecular weight excluding hydrogens is 647 g/mol. The van der Waals surface area contributed by atoms with E-state index < -0.39 is 23.8 Å². The number of nitrogens with one attached hydrogen (secondary N) is 1. The molecule has 2 amide bonds. The van der Waals surface area contributed by atoms with Crippen LogP contribution in [0.15, 0.2) is 82.4 Å². The van der Waals surface area contributed by atoms with E-state index in [1.54, 1.807) is 29.3 Å². The van der Waals surface area contributed by atoms with Crippen LogP contribution in [0.4, 0.5) is 14.9 Å². The number of hydrogen-bond donors (Lipinski definition) is 2. The van der Waals surface area contributed by atoms with Gasteiger partial charge < -0.3 is 20.1 Å². The molecule has 1 aromatic heterocycles. The number of amides is 2. The van der Waals surface area contributed by atoms with Gasteiger partial charge in [-0.15, -0.1) is 11.3 Å². The highest BCUT2D eigenvalue weighted by atomic mass is 35.5. The van der Waals surface area contributed by atoms with Gasteiger partial charge in [-0.25, -0.2) is 23.8 Å². The molecule has 3 aliphatic heterocycles. The Morgan fingerprint density at radius 2 is 1.91 bits per heavy atom. The molecule has 0 bridgehead atoms. The lowest BCUT2D eigenvalue weighted by Crippen LogP contribution is -2.53. The first kappa shape index (κ1) is 30.8. The van der Waals surface area contributed by atoms with E-state index in [0.717, 1.165) is 16.5 Å². The molecule has 7 rings (SSSR count). The van der Waals surface area contributed by atoms with Crippen molar-refractivity contribution in [3.05, 3.63) is 104 Å². The van der Waals surface area contributed by atoms with Crippen molar-refractivity contribution in [1.82, 2.24) is 20.1 Å². The van der Waals surface area contributed by atoms with Crippen molar-refractivity contribution in [3.8, 4) is 0 Å². The van der Waals surface area contributed by atoms with Crippen LogP contribution in [0.1, 0.15) is 27.0 Å². The Balaban J connectivity index is 1.16. The summed E-state index contributed by atoms with van der Waals surface area (Å²) in [5.41, 5.74) is 2.22. The number of carbonyl (C=O) groups is 3. The summed E-state index contributed by atoms with van der Waals surface area (Å²) >= 11 is 7.87. The highest BCUT2D eigenvalue weighted by Crippen LogP contribution is 2.37. The van der Waals surface area contributed by atoms with Gasteiger partial charge >= 0.3 is 18.0 Å². The van der Waals surface area contributed by atoms with Crippen LogP contribution < -0.4 is 10.2 Å². The molecule has 0 radical (unpaired) electrons. The third kappa shape index (κ3) is 5.81. The number of aliphatic imine (C=N–C) groups is 1. The Labute approximate surface area is 277 Å². The van der Waals surface area contributed by atoms with Crippen LogP contribution in [-0.4, -0.2) is 89.6 Å². The molecule has 0 aliphatic carbocycles. The first-order chi connectivity index (χ1) is 22.7. The average Bonchev–Trinajstić information content (AvgIpc) is 3.72. The predicted octanol–water partition coefficient (Wildman–Crippen LogP) is 4.93. The van der Waals surface area contributed by atoms with E-state index in [1.165, 1.54) is 36.6 Å². The molecule has 4 aromatic rings. The fourth-order valence-electron chi connectivity index (χ4n) is 6.36. The number of ether oxygens (including phenoxy) is 1. The number of esters is 1. The van der Waals surface area contributed by atoms with Crippen LogP contribution in [0.3, 0.4) is 0 Å². The second-order valence-corrected chi connectivity index (χ2v) is 12.7. The SMILES string of the molecule is COC(=O)C1=C(CN2CCN3C(=O)N(c4ccc5cc(C(=O)O)ccc5c4)C[C@@H]3C2)NC(c2nccs2)=N[C@H]1c1ccc(F)cc1Cl. The Morgan fingerprint density at radius 3 is 2.66 bits per heavy atom. The number of nitrogens with zero attached hydrogens (tertiary/aromatic N) is 5. The largest absolute Gasteiger partial charge is 0.478 e. The number of anilines is 1. The number of hydrogen-bond acceptors (Lipinski definition) is 9. The Bertz CT molecular complexity index is 1990. The van der Waals surface area contributed by atoms with E-state index in [2.05, 4.69) is 15.2 Å². The molecule has 2 saturated heterocycles. The van der Waals surface area contributed by atoms with Crippen molar-refractivity contribution in [2.24, 2.45) is 4.99 Å². The molecule has 2 atom stereocenters. The fourth-order valence-corrected chi connectivity index (χ4v) is 7.22. The van der Waals surface area contributed by atoms with Gasteiger partial charge in [-0.2, -0.15) is 0 Å². The minimum atomic E-state index is -0.994. The number of aromatic nitrogens is 1. The second kappa shape index (κ2) is 12.4. The highest BCUT2D eigenvalue weighted by molar-refractivity contribution is 7.11. The number of urea groups is 1. The van der Waals surface area contributed by atoms with Crippen molar-refractivity contribution >= 4 is 63.2 Å². The van der Waals surface area contributed by atoms with Crippen LogP contribution >= 0.6 is 22.9 Å². The Morgan fingerprint density at radius 1 is 1.11 bits per heavy atom. The predicted molar refractivity (Wildman–Crippen MR) is 176 cm³/mol. The van der Waals surface area contributed by atoms with E-state index in [4.69, 9.17) is 21.3 Å². The van der Waals surface area contributed by atoms with Crippen molar-refractivity contribution in [1.29, 1.82) is 0 Å². The van der Waals surface area contributed by atoms with Crippen LogP contribution in [0.25, 0.3) is 10.8 Å². The number of carbonyl (C=O) groups excluding carboxylic acids is 2. The number of methoxy groups -OCH3 is 1. The summed E-state index contributed by atoms with van der Waals surface area (Å²) in [6.07, 6.45) is 1.66. The van der Waals surface area contributed by atoms with Crippen LogP contribution in [0.2, 0.25) is 5.02 Å². The molecule has 14 heteroatoms. The van der Waals surface area contributed by atoms with E-state index in [-0.39, 0.29) is 28.2 Å². The lowest BCUT2D eigenvalue weighted by molar-refractivity contribution is -0.136. The van der Waals surface area contributed by atoms with Gasteiger partial charge in [0.25, 0.3) is 0 Å². The van der Waals surface area contributed by atoms with Gasteiger partial charge in [0, 0.05) is 66.3 Å². The molecule has 3 aromatic carbocycles. The molecule has 2 N–H and O–H groups in total. The maximum Gasteiger partial charge on any atom is 0.338 e. The molecule has 47 heavy (non-hydrogen) atoms. The molecule has 0 spiro atoms. The van der Waals surface area contributed by atoms with E-state index in [0.29, 0.717) is 54.8 Å². The van der Waals surface area contributed by atoms with Crippen LogP contribution in [0, 0.1) is 5.82 Å². The van der Waals surface area contributed by atoms with Crippen molar-refractivity contribution in [3.63, 3.8) is 0 Å².